The van der Waals surface area contributed by atoms with E-state index in [1.165, 1.54) is 11.0 Å². The summed E-state index contributed by atoms with van der Waals surface area (Å²) in [5.74, 6) is -2.26. The van der Waals surface area contributed by atoms with Crippen molar-refractivity contribution in [3.8, 4) is 17.3 Å². The summed E-state index contributed by atoms with van der Waals surface area (Å²) >= 11 is 0. The second kappa shape index (κ2) is 9.09. The second-order valence-corrected chi connectivity index (χ2v) is 9.85. The van der Waals surface area contributed by atoms with Crippen LogP contribution in [0.4, 0.5) is 8.78 Å². The van der Waals surface area contributed by atoms with Crippen molar-refractivity contribution in [3.63, 3.8) is 0 Å². The number of H-pyrrole nitrogens is 1. The standard InChI is InChI=1S/C27H25F2N7O/c28-21-2-1-3-22(29)23(21)26(37)34-11-6-19(7-12-34)35-15-27(16-35,8-9-30)36-13-5-18(14-36)24-20-4-10-31-25(20)33-17-32-24/h1-5,10,13-14,17,19H,6-8,11-12,15-16H2,(H,31,32,33). The third-order valence-electron chi connectivity index (χ3n) is 7.72. The van der Waals surface area contributed by atoms with Gasteiger partial charge in [0.05, 0.1) is 23.7 Å². The number of benzene rings is 1. The molecule has 2 fully saturated rings. The van der Waals surface area contributed by atoms with Gasteiger partial charge in [-0.05, 0) is 37.1 Å². The van der Waals surface area contributed by atoms with E-state index in [2.05, 4.69) is 30.5 Å². The van der Waals surface area contributed by atoms with Crippen LogP contribution in [-0.2, 0) is 5.54 Å². The lowest BCUT2D eigenvalue weighted by molar-refractivity contribution is -0.0348. The molecular formula is C27H25F2N7O. The van der Waals surface area contributed by atoms with Crippen LogP contribution in [0.2, 0.25) is 0 Å². The van der Waals surface area contributed by atoms with E-state index in [0.717, 1.165) is 47.5 Å². The third-order valence-corrected chi connectivity index (χ3v) is 7.72. The first-order chi connectivity index (χ1) is 18.0. The van der Waals surface area contributed by atoms with E-state index in [0.29, 0.717) is 32.4 Å². The number of amides is 1. The molecule has 0 aliphatic carbocycles. The molecule has 4 aromatic rings. The van der Waals surface area contributed by atoms with Crippen molar-refractivity contribution in [2.24, 2.45) is 0 Å². The molecule has 1 N–H and O–H groups in total. The Morgan fingerprint density at radius 1 is 1.14 bits per heavy atom. The number of rotatable bonds is 5. The Kier molecular flexibility index (Phi) is 5.72. The van der Waals surface area contributed by atoms with Gasteiger partial charge in [0.2, 0.25) is 0 Å². The maximum atomic E-state index is 14.1. The lowest BCUT2D eigenvalue weighted by atomic mass is 9.83. The lowest BCUT2D eigenvalue weighted by Gasteiger charge is -2.54. The van der Waals surface area contributed by atoms with Gasteiger partial charge in [0.25, 0.3) is 5.91 Å². The van der Waals surface area contributed by atoms with Gasteiger partial charge >= 0.3 is 0 Å². The van der Waals surface area contributed by atoms with Crippen molar-refractivity contribution in [1.29, 1.82) is 5.26 Å². The maximum Gasteiger partial charge on any atom is 0.259 e. The number of aromatic amines is 1. The van der Waals surface area contributed by atoms with Gasteiger partial charge in [-0.25, -0.2) is 18.7 Å². The summed E-state index contributed by atoms with van der Waals surface area (Å²) in [6.07, 6.45) is 9.25. The molecule has 2 aliphatic rings. The average Bonchev–Trinajstić information content (AvgIpc) is 3.56. The number of likely N-dealkylation sites (tertiary alicyclic amines) is 2. The zero-order valence-corrected chi connectivity index (χ0v) is 20.1. The number of carbonyl (C=O) groups is 1. The van der Waals surface area contributed by atoms with Gasteiger partial charge in [0.1, 0.15) is 29.2 Å². The highest BCUT2D eigenvalue weighted by Crippen LogP contribution is 2.38. The first-order valence-corrected chi connectivity index (χ1v) is 12.3. The van der Waals surface area contributed by atoms with Crippen molar-refractivity contribution < 1.29 is 13.6 Å². The number of nitriles is 1. The first kappa shape index (κ1) is 23.3. The van der Waals surface area contributed by atoms with Crippen LogP contribution in [0.1, 0.15) is 29.6 Å². The number of carbonyl (C=O) groups excluding carboxylic acids is 1. The maximum absolute atomic E-state index is 14.1. The van der Waals surface area contributed by atoms with E-state index in [-0.39, 0.29) is 11.6 Å². The van der Waals surface area contributed by atoms with Crippen LogP contribution < -0.4 is 0 Å². The van der Waals surface area contributed by atoms with Gasteiger partial charge in [0, 0.05) is 61.8 Å². The SMILES string of the molecule is N#CCC1(n2ccc(-c3ncnc4[nH]ccc34)c2)CN(C2CCN(C(=O)c3c(F)cccc3F)CC2)C1. The number of nitrogens with zero attached hydrogens (tertiary/aromatic N) is 6. The second-order valence-electron chi connectivity index (χ2n) is 9.85. The summed E-state index contributed by atoms with van der Waals surface area (Å²) in [6, 6.07) is 10.0. The Balaban J connectivity index is 1.13. The van der Waals surface area contributed by atoms with E-state index in [4.69, 9.17) is 0 Å². The Hall–Kier alpha value is -4.10. The molecule has 5 heterocycles. The van der Waals surface area contributed by atoms with Crippen LogP contribution in [0.15, 0.2) is 55.2 Å². The predicted octanol–water partition coefficient (Wildman–Crippen LogP) is 3.93. The molecule has 0 unspecified atom stereocenters. The van der Waals surface area contributed by atoms with Gasteiger partial charge in [-0.2, -0.15) is 5.26 Å². The molecule has 37 heavy (non-hydrogen) atoms. The monoisotopic (exact) mass is 501 g/mol. The zero-order chi connectivity index (χ0) is 25.6. The van der Waals surface area contributed by atoms with E-state index in [9.17, 15) is 18.8 Å². The van der Waals surface area contributed by atoms with Crippen molar-refractivity contribution in [2.75, 3.05) is 26.2 Å². The zero-order valence-electron chi connectivity index (χ0n) is 20.1. The van der Waals surface area contributed by atoms with E-state index in [1.54, 1.807) is 6.33 Å². The number of nitrogens with one attached hydrogen (secondary N) is 1. The quantitative estimate of drug-likeness (QED) is 0.447. The molecule has 10 heteroatoms. The number of hydrogen-bond donors (Lipinski definition) is 1. The van der Waals surface area contributed by atoms with Crippen molar-refractivity contribution in [3.05, 3.63) is 72.4 Å². The average molecular weight is 502 g/mol. The van der Waals surface area contributed by atoms with Crippen molar-refractivity contribution in [2.45, 2.75) is 30.8 Å². The van der Waals surface area contributed by atoms with E-state index >= 15 is 0 Å². The van der Waals surface area contributed by atoms with Gasteiger partial charge in [-0.15, -0.1) is 0 Å². The van der Waals surface area contributed by atoms with E-state index < -0.39 is 23.1 Å². The van der Waals surface area contributed by atoms with Crippen LogP contribution >= 0.6 is 0 Å². The molecule has 0 atom stereocenters. The molecular weight excluding hydrogens is 476 g/mol. The number of piperidine rings is 1. The van der Waals surface area contributed by atoms with Gasteiger partial charge in [-0.3, -0.25) is 9.69 Å². The molecule has 6 rings (SSSR count). The van der Waals surface area contributed by atoms with E-state index in [1.807, 2.05) is 30.7 Å². The summed E-state index contributed by atoms with van der Waals surface area (Å²) in [5, 5.41) is 10.5. The molecule has 3 aromatic heterocycles. The topological polar surface area (TPSA) is 93.8 Å². The highest BCUT2D eigenvalue weighted by atomic mass is 19.1. The van der Waals surface area contributed by atoms with Crippen LogP contribution in [0, 0.1) is 23.0 Å². The fourth-order valence-electron chi connectivity index (χ4n) is 5.71. The van der Waals surface area contributed by atoms with Gasteiger partial charge in [0.15, 0.2) is 0 Å². The Bertz CT molecular complexity index is 1490. The minimum Gasteiger partial charge on any atom is -0.346 e. The minimum atomic E-state index is -0.832. The normalized spacial score (nSPS) is 18.0. The molecule has 8 nitrogen and oxygen atoms in total. The molecule has 0 spiro atoms. The Morgan fingerprint density at radius 3 is 2.62 bits per heavy atom. The van der Waals surface area contributed by atoms with Crippen LogP contribution in [0.3, 0.4) is 0 Å². The van der Waals surface area contributed by atoms with Crippen molar-refractivity contribution in [1.82, 2.24) is 29.3 Å². The lowest BCUT2D eigenvalue weighted by Crippen LogP contribution is -2.66. The molecule has 2 saturated heterocycles. The first-order valence-electron chi connectivity index (χ1n) is 12.3. The van der Waals surface area contributed by atoms with Crippen molar-refractivity contribution >= 4 is 16.9 Å². The number of aromatic nitrogens is 4. The van der Waals surface area contributed by atoms with Gasteiger partial charge in [-0.1, -0.05) is 6.07 Å². The summed E-state index contributed by atoms with van der Waals surface area (Å²) in [6.45, 7) is 2.32. The Labute approximate surface area is 212 Å². The summed E-state index contributed by atoms with van der Waals surface area (Å²) in [4.78, 5) is 28.5. The third kappa shape index (κ3) is 3.96. The molecule has 1 aromatic carbocycles. The number of hydrogen-bond acceptors (Lipinski definition) is 5. The molecule has 0 radical (unpaired) electrons. The van der Waals surface area contributed by atoms with Crippen LogP contribution in [0.25, 0.3) is 22.3 Å². The molecule has 0 bridgehead atoms. The Morgan fingerprint density at radius 2 is 1.89 bits per heavy atom. The summed E-state index contributed by atoms with van der Waals surface area (Å²) in [5.41, 5.74) is 1.77. The summed E-state index contributed by atoms with van der Waals surface area (Å²) in [7, 11) is 0. The van der Waals surface area contributed by atoms with Crippen LogP contribution in [0.5, 0.6) is 0 Å². The highest BCUT2D eigenvalue weighted by molar-refractivity contribution is 5.95. The summed E-state index contributed by atoms with van der Waals surface area (Å²) < 4.78 is 30.3. The minimum absolute atomic E-state index is 0.248. The fourth-order valence-corrected chi connectivity index (χ4v) is 5.71. The molecule has 2 aliphatic heterocycles. The fraction of sp³-hybridized carbons (Fsp3) is 0.333. The van der Waals surface area contributed by atoms with Gasteiger partial charge < -0.3 is 14.5 Å². The molecule has 188 valence electrons. The molecule has 1 amide bonds. The number of halogens is 2. The van der Waals surface area contributed by atoms with Crippen LogP contribution in [-0.4, -0.2) is 67.4 Å². The smallest absolute Gasteiger partial charge is 0.259 e. The molecule has 0 saturated carbocycles. The largest absolute Gasteiger partial charge is 0.346 e. The number of fused-ring (bicyclic) bond motifs is 1. The highest BCUT2D eigenvalue weighted by Gasteiger charge is 2.47. The predicted molar refractivity (Wildman–Crippen MR) is 132 cm³/mol.